The normalized spacial score (nSPS) is 15.4. The van der Waals surface area contributed by atoms with E-state index in [0.29, 0.717) is 5.89 Å². The molecule has 0 spiro atoms. The molecule has 2 aromatic rings. The molecule has 2 atom stereocenters. The van der Waals surface area contributed by atoms with Crippen LogP contribution < -0.4 is 0 Å². The van der Waals surface area contributed by atoms with Crippen molar-refractivity contribution in [3.63, 3.8) is 0 Å². The molecular formula is C12H15NO2. The summed E-state index contributed by atoms with van der Waals surface area (Å²) in [4.78, 5) is 4.26. The average molecular weight is 205 g/mol. The second-order valence-corrected chi connectivity index (χ2v) is 3.85. The summed E-state index contributed by atoms with van der Waals surface area (Å²) in [5.74, 6) is 0.587. The van der Waals surface area contributed by atoms with E-state index < -0.39 is 6.10 Å². The summed E-state index contributed by atoms with van der Waals surface area (Å²) in [6.07, 6.45) is 0.294. The van der Waals surface area contributed by atoms with Gasteiger partial charge in [-0.3, -0.25) is 0 Å². The van der Waals surface area contributed by atoms with Crippen molar-refractivity contribution in [1.82, 2.24) is 4.98 Å². The Bertz CT molecular complexity index is 417. The molecule has 2 rings (SSSR count). The zero-order valence-corrected chi connectivity index (χ0v) is 8.97. The maximum atomic E-state index is 9.93. The summed E-state index contributed by atoms with van der Waals surface area (Å²) < 4.78 is 5.49. The van der Waals surface area contributed by atoms with E-state index in [1.54, 1.807) is 0 Å². The van der Waals surface area contributed by atoms with Gasteiger partial charge in [-0.05, 0) is 18.1 Å². The molecule has 0 aliphatic heterocycles. The Kier molecular flexibility index (Phi) is 2.73. The third-order valence-electron chi connectivity index (χ3n) is 2.75. The van der Waals surface area contributed by atoms with Crippen molar-refractivity contribution < 1.29 is 9.52 Å². The summed E-state index contributed by atoms with van der Waals surface area (Å²) in [5.41, 5.74) is 1.53. The molecule has 80 valence electrons. The van der Waals surface area contributed by atoms with Gasteiger partial charge in [-0.2, -0.15) is 0 Å². The molecule has 0 fully saturated rings. The maximum absolute atomic E-state index is 9.93. The fourth-order valence-electron chi connectivity index (χ4n) is 1.48. The van der Waals surface area contributed by atoms with Crippen LogP contribution in [0.2, 0.25) is 0 Å². The molecule has 1 unspecified atom stereocenters. The molecule has 0 radical (unpaired) electrons. The quantitative estimate of drug-likeness (QED) is 0.838. The van der Waals surface area contributed by atoms with Crippen LogP contribution in [0.1, 0.15) is 32.3 Å². The van der Waals surface area contributed by atoms with Gasteiger partial charge in [0.25, 0.3) is 0 Å². The molecule has 0 saturated heterocycles. The first kappa shape index (κ1) is 10.2. The minimum absolute atomic E-state index is 0.165. The van der Waals surface area contributed by atoms with E-state index >= 15 is 0 Å². The third kappa shape index (κ3) is 1.88. The van der Waals surface area contributed by atoms with Crippen LogP contribution in [0.4, 0.5) is 0 Å². The number of benzene rings is 1. The van der Waals surface area contributed by atoms with E-state index in [2.05, 4.69) is 4.98 Å². The predicted molar refractivity (Wildman–Crippen MR) is 58.4 cm³/mol. The highest BCUT2D eigenvalue weighted by Gasteiger charge is 2.20. The standard InChI is InChI=1S/C12H15NO2/c1-3-8(2)11(14)12-13-9-6-4-5-7-10(9)15-12/h4-8,11,14H,3H2,1-2H3/t8-,11?/m0/s1. The lowest BCUT2D eigenvalue weighted by Gasteiger charge is -2.12. The lowest BCUT2D eigenvalue weighted by atomic mass is 10.0. The van der Waals surface area contributed by atoms with Crippen LogP contribution in [0.15, 0.2) is 28.7 Å². The van der Waals surface area contributed by atoms with Crippen LogP contribution in [0, 0.1) is 5.92 Å². The SMILES string of the molecule is CC[C@H](C)C(O)c1nc2ccccc2o1. The minimum atomic E-state index is -0.609. The predicted octanol–water partition coefficient (Wildman–Crippen LogP) is 2.91. The van der Waals surface area contributed by atoms with Crippen molar-refractivity contribution in [2.24, 2.45) is 5.92 Å². The van der Waals surface area contributed by atoms with Gasteiger partial charge in [0.2, 0.25) is 5.89 Å². The summed E-state index contributed by atoms with van der Waals surface area (Å²) in [6, 6.07) is 7.54. The Hall–Kier alpha value is -1.35. The smallest absolute Gasteiger partial charge is 0.224 e. The highest BCUT2D eigenvalue weighted by molar-refractivity contribution is 5.72. The summed E-state index contributed by atoms with van der Waals surface area (Å²) >= 11 is 0. The number of hydrogen-bond acceptors (Lipinski definition) is 3. The van der Waals surface area contributed by atoms with Gasteiger partial charge in [0, 0.05) is 0 Å². The minimum Gasteiger partial charge on any atom is -0.438 e. The van der Waals surface area contributed by atoms with Crippen molar-refractivity contribution in [2.75, 3.05) is 0 Å². The van der Waals surface area contributed by atoms with Crippen molar-refractivity contribution >= 4 is 11.1 Å². The number of aliphatic hydroxyl groups excluding tert-OH is 1. The molecule has 0 amide bonds. The number of nitrogens with zero attached hydrogens (tertiary/aromatic N) is 1. The second-order valence-electron chi connectivity index (χ2n) is 3.85. The van der Waals surface area contributed by atoms with Gasteiger partial charge in [0.05, 0.1) is 0 Å². The van der Waals surface area contributed by atoms with Crippen molar-refractivity contribution in [3.8, 4) is 0 Å². The second kappa shape index (κ2) is 4.03. The summed E-state index contributed by atoms with van der Waals surface area (Å²) in [7, 11) is 0. The molecule has 0 saturated carbocycles. The van der Waals surface area contributed by atoms with Crippen molar-refractivity contribution in [3.05, 3.63) is 30.2 Å². The van der Waals surface area contributed by atoms with Gasteiger partial charge in [0.1, 0.15) is 11.6 Å². The van der Waals surface area contributed by atoms with Gasteiger partial charge in [-0.15, -0.1) is 0 Å². The molecule has 1 heterocycles. The number of aliphatic hydroxyl groups is 1. The molecule has 15 heavy (non-hydrogen) atoms. The van der Waals surface area contributed by atoms with Gasteiger partial charge in [-0.1, -0.05) is 32.4 Å². The highest BCUT2D eigenvalue weighted by atomic mass is 16.4. The lowest BCUT2D eigenvalue weighted by molar-refractivity contribution is 0.0887. The number of oxazole rings is 1. The van der Waals surface area contributed by atoms with E-state index in [1.807, 2.05) is 38.1 Å². The maximum Gasteiger partial charge on any atom is 0.224 e. The third-order valence-corrected chi connectivity index (χ3v) is 2.75. The zero-order valence-electron chi connectivity index (χ0n) is 8.97. The van der Waals surface area contributed by atoms with E-state index in [-0.39, 0.29) is 5.92 Å². The average Bonchev–Trinajstić information content (AvgIpc) is 2.70. The number of rotatable bonds is 3. The van der Waals surface area contributed by atoms with Crippen LogP contribution in [-0.4, -0.2) is 10.1 Å². The van der Waals surface area contributed by atoms with Crippen LogP contribution in [0.3, 0.4) is 0 Å². The fraction of sp³-hybridized carbons (Fsp3) is 0.417. The zero-order chi connectivity index (χ0) is 10.8. The van der Waals surface area contributed by atoms with E-state index in [0.717, 1.165) is 17.5 Å². The van der Waals surface area contributed by atoms with Gasteiger partial charge >= 0.3 is 0 Å². The monoisotopic (exact) mass is 205 g/mol. The molecule has 0 bridgehead atoms. The topological polar surface area (TPSA) is 46.3 Å². The fourth-order valence-corrected chi connectivity index (χ4v) is 1.48. The Morgan fingerprint density at radius 1 is 1.40 bits per heavy atom. The van der Waals surface area contributed by atoms with E-state index in [4.69, 9.17) is 4.42 Å². The molecule has 0 aliphatic carbocycles. The number of hydrogen-bond donors (Lipinski definition) is 1. The van der Waals surface area contributed by atoms with Crippen molar-refractivity contribution in [2.45, 2.75) is 26.4 Å². The Labute approximate surface area is 88.7 Å². The van der Waals surface area contributed by atoms with Gasteiger partial charge in [-0.25, -0.2) is 4.98 Å². The number of fused-ring (bicyclic) bond motifs is 1. The molecule has 3 heteroatoms. The first-order chi connectivity index (χ1) is 7.22. The Balaban J connectivity index is 2.36. The summed E-state index contributed by atoms with van der Waals surface area (Å²) in [6.45, 7) is 4.02. The van der Waals surface area contributed by atoms with Crippen LogP contribution in [0.25, 0.3) is 11.1 Å². The largest absolute Gasteiger partial charge is 0.438 e. The molecule has 1 N–H and O–H groups in total. The molecular weight excluding hydrogens is 190 g/mol. The van der Waals surface area contributed by atoms with Gasteiger partial charge in [0.15, 0.2) is 5.58 Å². The number of para-hydroxylation sites is 2. The molecule has 0 aliphatic rings. The van der Waals surface area contributed by atoms with Gasteiger partial charge < -0.3 is 9.52 Å². The Morgan fingerprint density at radius 2 is 2.13 bits per heavy atom. The highest BCUT2D eigenvalue weighted by Crippen LogP contribution is 2.26. The van der Waals surface area contributed by atoms with E-state index in [1.165, 1.54) is 0 Å². The van der Waals surface area contributed by atoms with Crippen LogP contribution in [-0.2, 0) is 0 Å². The lowest BCUT2D eigenvalue weighted by Crippen LogP contribution is -2.08. The number of aromatic nitrogens is 1. The van der Waals surface area contributed by atoms with E-state index in [9.17, 15) is 5.11 Å². The van der Waals surface area contributed by atoms with Crippen LogP contribution >= 0.6 is 0 Å². The first-order valence-corrected chi connectivity index (χ1v) is 5.26. The molecule has 1 aromatic carbocycles. The first-order valence-electron chi connectivity index (χ1n) is 5.26. The summed E-state index contributed by atoms with van der Waals surface area (Å²) in [5, 5.41) is 9.93. The molecule has 1 aromatic heterocycles. The van der Waals surface area contributed by atoms with Crippen LogP contribution in [0.5, 0.6) is 0 Å². The molecule has 3 nitrogen and oxygen atoms in total. The Morgan fingerprint density at radius 3 is 2.80 bits per heavy atom. The van der Waals surface area contributed by atoms with Crippen molar-refractivity contribution in [1.29, 1.82) is 0 Å².